The van der Waals surface area contributed by atoms with E-state index in [1.165, 1.54) is 31.0 Å². The van der Waals surface area contributed by atoms with Crippen LogP contribution in [-0.4, -0.2) is 19.3 Å². The summed E-state index contributed by atoms with van der Waals surface area (Å²) in [4.78, 5) is 13.2. The highest BCUT2D eigenvalue weighted by Gasteiger charge is 2.20. The maximum Gasteiger partial charge on any atom is 0.339 e. The predicted octanol–water partition coefficient (Wildman–Crippen LogP) is 6.98. The molecule has 0 aliphatic heterocycles. The standard InChI is InChI=1S/C21H15Cl2FO2S/c1-26-21(25)20-16(13-5-8-17(22)18(23)10-13)9-14(11-19(20)27-2)12-3-6-15(24)7-4-12/h3-11H,1-2H3. The summed E-state index contributed by atoms with van der Waals surface area (Å²) in [6.07, 6.45) is 1.88. The Labute approximate surface area is 171 Å². The number of halogens is 3. The number of thioether (sulfide) groups is 1. The first kappa shape index (κ1) is 19.7. The molecule has 3 aromatic carbocycles. The van der Waals surface area contributed by atoms with E-state index in [9.17, 15) is 9.18 Å². The van der Waals surface area contributed by atoms with E-state index in [0.29, 0.717) is 21.2 Å². The van der Waals surface area contributed by atoms with Gasteiger partial charge in [-0.15, -0.1) is 11.8 Å². The number of hydrogen-bond donors (Lipinski definition) is 0. The molecular weight excluding hydrogens is 406 g/mol. The normalized spacial score (nSPS) is 10.7. The van der Waals surface area contributed by atoms with Gasteiger partial charge < -0.3 is 4.74 Å². The lowest BCUT2D eigenvalue weighted by molar-refractivity contribution is 0.0598. The zero-order chi connectivity index (χ0) is 19.6. The van der Waals surface area contributed by atoms with Gasteiger partial charge in [-0.25, -0.2) is 9.18 Å². The second-order valence-electron chi connectivity index (χ2n) is 5.73. The highest BCUT2D eigenvalue weighted by Crippen LogP contribution is 2.38. The molecule has 138 valence electrons. The third-order valence-corrected chi connectivity index (χ3v) is 5.62. The quantitative estimate of drug-likeness (QED) is 0.336. The van der Waals surface area contributed by atoms with Crippen molar-refractivity contribution in [3.63, 3.8) is 0 Å². The van der Waals surface area contributed by atoms with E-state index in [2.05, 4.69) is 0 Å². The Bertz CT molecular complexity index is 1000. The molecule has 3 aromatic rings. The van der Waals surface area contributed by atoms with Crippen LogP contribution in [0.4, 0.5) is 4.39 Å². The van der Waals surface area contributed by atoms with Crippen molar-refractivity contribution in [2.45, 2.75) is 4.90 Å². The van der Waals surface area contributed by atoms with Gasteiger partial charge in [-0.2, -0.15) is 0 Å². The number of carbonyl (C=O) groups excluding carboxylic acids is 1. The molecule has 0 fully saturated rings. The summed E-state index contributed by atoms with van der Waals surface area (Å²) in [6, 6.07) is 15.2. The minimum atomic E-state index is -0.439. The molecule has 0 N–H and O–H groups in total. The van der Waals surface area contributed by atoms with Crippen LogP contribution in [0.1, 0.15) is 10.4 Å². The molecule has 6 heteroatoms. The molecule has 0 saturated carbocycles. The molecule has 0 unspecified atom stereocenters. The van der Waals surface area contributed by atoms with E-state index in [1.807, 2.05) is 18.4 Å². The number of benzene rings is 3. The number of carbonyl (C=O) groups is 1. The van der Waals surface area contributed by atoms with Crippen LogP contribution in [0.15, 0.2) is 59.5 Å². The maximum atomic E-state index is 13.3. The Morgan fingerprint density at radius 1 is 0.926 bits per heavy atom. The first-order valence-electron chi connectivity index (χ1n) is 7.96. The fourth-order valence-corrected chi connectivity index (χ4v) is 3.73. The summed E-state index contributed by atoms with van der Waals surface area (Å²) in [6.45, 7) is 0. The molecule has 3 rings (SSSR count). The molecule has 27 heavy (non-hydrogen) atoms. The summed E-state index contributed by atoms with van der Waals surface area (Å²) in [5.74, 6) is -0.745. The fourth-order valence-electron chi connectivity index (χ4n) is 2.79. The van der Waals surface area contributed by atoms with E-state index in [-0.39, 0.29) is 5.82 Å². The van der Waals surface area contributed by atoms with Gasteiger partial charge in [0.15, 0.2) is 0 Å². The molecule has 0 aromatic heterocycles. The Morgan fingerprint density at radius 2 is 1.59 bits per heavy atom. The van der Waals surface area contributed by atoms with E-state index in [4.69, 9.17) is 27.9 Å². The largest absolute Gasteiger partial charge is 0.465 e. The molecule has 0 bridgehead atoms. The van der Waals surface area contributed by atoms with Crippen LogP contribution in [0.2, 0.25) is 10.0 Å². The Hall–Kier alpha value is -2.01. The zero-order valence-electron chi connectivity index (χ0n) is 14.6. The van der Waals surface area contributed by atoms with Gasteiger partial charge in [0.2, 0.25) is 0 Å². The Balaban J connectivity index is 2.29. The fraction of sp³-hybridized carbons (Fsp3) is 0.0952. The second kappa shape index (κ2) is 8.34. The molecule has 0 heterocycles. The SMILES string of the molecule is COC(=O)c1c(SC)cc(-c2ccc(F)cc2)cc1-c1ccc(Cl)c(Cl)c1. The molecule has 0 spiro atoms. The van der Waals surface area contributed by atoms with Crippen molar-refractivity contribution in [3.8, 4) is 22.3 Å². The number of ether oxygens (including phenoxy) is 1. The third kappa shape index (κ3) is 4.13. The summed E-state index contributed by atoms with van der Waals surface area (Å²) < 4.78 is 18.3. The van der Waals surface area contributed by atoms with Gasteiger partial charge in [-0.1, -0.05) is 41.4 Å². The predicted molar refractivity (Wildman–Crippen MR) is 110 cm³/mol. The van der Waals surface area contributed by atoms with Crippen LogP contribution >= 0.6 is 35.0 Å². The van der Waals surface area contributed by atoms with Crippen molar-refractivity contribution in [2.75, 3.05) is 13.4 Å². The Morgan fingerprint density at radius 3 is 2.19 bits per heavy atom. The first-order valence-corrected chi connectivity index (χ1v) is 9.94. The minimum Gasteiger partial charge on any atom is -0.465 e. The van der Waals surface area contributed by atoms with Crippen LogP contribution in [0.5, 0.6) is 0 Å². The van der Waals surface area contributed by atoms with Crippen LogP contribution in [0.25, 0.3) is 22.3 Å². The van der Waals surface area contributed by atoms with Crippen molar-refractivity contribution in [3.05, 3.63) is 76.0 Å². The molecule has 0 aliphatic rings. The van der Waals surface area contributed by atoms with Crippen molar-refractivity contribution in [2.24, 2.45) is 0 Å². The maximum absolute atomic E-state index is 13.3. The van der Waals surface area contributed by atoms with Crippen molar-refractivity contribution >= 4 is 40.9 Å². The van der Waals surface area contributed by atoms with Crippen LogP contribution in [-0.2, 0) is 4.74 Å². The van der Waals surface area contributed by atoms with Gasteiger partial charge >= 0.3 is 5.97 Å². The molecule has 0 aliphatic carbocycles. The van der Waals surface area contributed by atoms with E-state index < -0.39 is 5.97 Å². The third-order valence-electron chi connectivity index (χ3n) is 4.12. The smallest absolute Gasteiger partial charge is 0.339 e. The molecule has 0 radical (unpaired) electrons. The number of esters is 1. The molecule has 0 amide bonds. The topological polar surface area (TPSA) is 26.3 Å². The van der Waals surface area contributed by atoms with Gasteiger partial charge in [0.05, 0.1) is 22.7 Å². The highest BCUT2D eigenvalue weighted by atomic mass is 35.5. The monoisotopic (exact) mass is 420 g/mol. The zero-order valence-corrected chi connectivity index (χ0v) is 16.9. The van der Waals surface area contributed by atoms with Crippen molar-refractivity contribution in [1.82, 2.24) is 0 Å². The van der Waals surface area contributed by atoms with Gasteiger partial charge in [-0.05, 0) is 64.9 Å². The first-order chi connectivity index (χ1) is 12.9. The molecular formula is C21H15Cl2FO2S. The number of methoxy groups -OCH3 is 1. The lowest BCUT2D eigenvalue weighted by atomic mass is 9.94. The van der Waals surface area contributed by atoms with E-state index in [1.54, 1.807) is 30.3 Å². The average molecular weight is 421 g/mol. The van der Waals surface area contributed by atoms with Gasteiger partial charge in [0.25, 0.3) is 0 Å². The van der Waals surface area contributed by atoms with Crippen LogP contribution in [0.3, 0.4) is 0 Å². The van der Waals surface area contributed by atoms with Crippen molar-refractivity contribution < 1.29 is 13.9 Å². The molecule has 2 nitrogen and oxygen atoms in total. The summed E-state index contributed by atoms with van der Waals surface area (Å²) in [5.41, 5.74) is 3.56. The highest BCUT2D eigenvalue weighted by molar-refractivity contribution is 7.98. The molecule has 0 saturated heterocycles. The number of hydrogen-bond acceptors (Lipinski definition) is 3. The average Bonchev–Trinajstić information content (AvgIpc) is 2.69. The van der Waals surface area contributed by atoms with Crippen molar-refractivity contribution in [1.29, 1.82) is 0 Å². The summed E-state index contributed by atoms with van der Waals surface area (Å²) in [7, 11) is 1.35. The van der Waals surface area contributed by atoms with Gasteiger partial charge in [0, 0.05) is 4.90 Å². The van der Waals surface area contributed by atoms with E-state index in [0.717, 1.165) is 21.6 Å². The van der Waals surface area contributed by atoms with Gasteiger partial charge in [-0.3, -0.25) is 0 Å². The lowest BCUT2D eigenvalue weighted by Crippen LogP contribution is -2.06. The van der Waals surface area contributed by atoms with Crippen LogP contribution in [0, 0.1) is 5.82 Å². The van der Waals surface area contributed by atoms with E-state index >= 15 is 0 Å². The summed E-state index contributed by atoms with van der Waals surface area (Å²) in [5, 5.41) is 0.822. The lowest BCUT2D eigenvalue weighted by Gasteiger charge is -2.16. The second-order valence-corrected chi connectivity index (χ2v) is 7.39. The number of rotatable bonds is 4. The minimum absolute atomic E-state index is 0.306. The molecule has 0 atom stereocenters. The van der Waals surface area contributed by atoms with Gasteiger partial charge in [0.1, 0.15) is 5.82 Å². The Kier molecular flexibility index (Phi) is 6.10. The van der Waals surface area contributed by atoms with Crippen LogP contribution < -0.4 is 0 Å². The summed E-state index contributed by atoms with van der Waals surface area (Å²) >= 11 is 13.7.